The summed E-state index contributed by atoms with van der Waals surface area (Å²) in [5.41, 5.74) is -0.429. The standard InChI is InChI=1S/C15H17NO7/c1-3-22-14(20)11(15(21)23-4-2)8-16-9-5-6-12(17)10(7-9)13(18)19/h5-8,16-17H,3-4H2,1-2H3,(H,18,19). The first-order valence-corrected chi connectivity index (χ1v) is 6.77. The van der Waals surface area contributed by atoms with Gasteiger partial charge in [0, 0.05) is 11.9 Å². The van der Waals surface area contributed by atoms with E-state index in [-0.39, 0.29) is 30.0 Å². The molecule has 0 radical (unpaired) electrons. The Morgan fingerprint density at radius 3 is 2.17 bits per heavy atom. The Balaban J connectivity index is 3.04. The molecule has 0 atom stereocenters. The number of benzene rings is 1. The van der Waals surface area contributed by atoms with Gasteiger partial charge in [0.1, 0.15) is 11.3 Å². The molecule has 124 valence electrons. The molecule has 0 saturated carbocycles. The molecule has 3 N–H and O–H groups in total. The Kier molecular flexibility index (Phi) is 6.60. The van der Waals surface area contributed by atoms with Gasteiger partial charge in [0.25, 0.3) is 0 Å². The molecule has 0 aliphatic carbocycles. The first-order chi connectivity index (χ1) is 10.9. The third kappa shape index (κ3) is 5.03. The summed E-state index contributed by atoms with van der Waals surface area (Å²) < 4.78 is 9.52. The van der Waals surface area contributed by atoms with Crippen LogP contribution in [0.25, 0.3) is 0 Å². The Labute approximate surface area is 132 Å². The SMILES string of the molecule is CCOC(=O)C(=CNc1ccc(O)c(C(=O)O)c1)C(=O)OCC. The summed E-state index contributed by atoms with van der Waals surface area (Å²) in [7, 11) is 0. The van der Waals surface area contributed by atoms with Crippen LogP contribution < -0.4 is 5.32 Å². The molecule has 0 aliphatic heterocycles. The van der Waals surface area contributed by atoms with E-state index in [0.29, 0.717) is 0 Å². The van der Waals surface area contributed by atoms with Gasteiger partial charge >= 0.3 is 17.9 Å². The number of carboxylic acids is 1. The largest absolute Gasteiger partial charge is 0.507 e. The van der Waals surface area contributed by atoms with Crippen LogP contribution >= 0.6 is 0 Å². The fraction of sp³-hybridized carbons (Fsp3) is 0.267. The summed E-state index contributed by atoms with van der Waals surface area (Å²) in [6.45, 7) is 3.34. The maximum Gasteiger partial charge on any atom is 0.347 e. The van der Waals surface area contributed by atoms with Crippen LogP contribution in [0.15, 0.2) is 30.0 Å². The van der Waals surface area contributed by atoms with Crippen LogP contribution in [0.3, 0.4) is 0 Å². The first kappa shape index (κ1) is 18.0. The third-order valence-corrected chi connectivity index (χ3v) is 2.60. The lowest BCUT2D eigenvalue weighted by Gasteiger charge is -2.08. The summed E-state index contributed by atoms with van der Waals surface area (Å²) in [5, 5.41) is 21.0. The zero-order valence-corrected chi connectivity index (χ0v) is 12.7. The number of carbonyl (C=O) groups excluding carboxylic acids is 2. The average molecular weight is 323 g/mol. The van der Waals surface area contributed by atoms with Gasteiger partial charge in [0.2, 0.25) is 0 Å². The van der Waals surface area contributed by atoms with Gasteiger partial charge < -0.3 is 25.0 Å². The Bertz CT molecular complexity index is 617. The molecule has 0 heterocycles. The number of carboxylic acid groups (broad SMARTS) is 1. The summed E-state index contributed by atoms with van der Waals surface area (Å²) in [6.07, 6.45) is 1.06. The van der Waals surface area contributed by atoms with E-state index < -0.39 is 23.7 Å². The van der Waals surface area contributed by atoms with Crippen LogP contribution in [0.2, 0.25) is 0 Å². The highest BCUT2D eigenvalue weighted by atomic mass is 16.6. The molecule has 1 rings (SSSR count). The number of nitrogens with one attached hydrogen (secondary N) is 1. The maximum absolute atomic E-state index is 11.7. The number of hydrogen-bond donors (Lipinski definition) is 3. The maximum atomic E-state index is 11.7. The number of aromatic carboxylic acids is 1. The van der Waals surface area contributed by atoms with E-state index in [1.54, 1.807) is 13.8 Å². The highest BCUT2D eigenvalue weighted by Gasteiger charge is 2.21. The van der Waals surface area contributed by atoms with Crippen molar-refractivity contribution < 1.29 is 34.1 Å². The second kappa shape index (κ2) is 8.42. The molecular weight excluding hydrogens is 306 g/mol. The second-order valence-corrected chi connectivity index (χ2v) is 4.18. The minimum Gasteiger partial charge on any atom is -0.507 e. The molecule has 0 saturated heterocycles. The zero-order chi connectivity index (χ0) is 17.4. The van der Waals surface area contributed by atoms with Gasteiger partial charge in [-0.1, -0.05) is 0 Å². The lowest BCUT2D eigenvalue weighted by atomic mass is 10.2. The number of aromatic hydroxyl groups is 1. The number of ether oxygens (including phenoxy) is 2. The van der Waals surface area contributed by atoms with Crippen molar-refractivity contribution in [2.75, 3.05) is 18.5 Å². The topological polar surface area (TPSA) is 122 Å². The molecule has 8 heteroatoms. The summed E-state index contributed by atoms with van der Waals surface area (Å²) in [4.78, 5) is 34.4. The molecule has 1 aromatic rings. The van der Waals surface area contributed by atoms with Crippen LogP contribution in [-0.2, 0) is 19.1 Å². The van der Waals surface area contributed by atoms with Crippen molar-refractivity contribution >= 4 is 23.6 Å². The van der Waals surface area contributed by atoms with E-state index in [1.165, 1.54) is 12.1 Å². The van der Waals surface area contributed by atoms with Gasteiger partial charge in [-0.05, 0) is 32.0 Å². The molecule has 0 fully saturated rings. The smallest absolute Gasteiger partial charge is 0.347 e. The van der Waals surface area contributed by atoms with Crippen LogP contribution in [0, 0.1) is 0 Å². The summed E-state index contributed by atoms with van der Waals surface area (Å²) in [6, 6.07) is 3.71. The van der Waals surface area contributed by atoms with Gasteiger partial charge in [-0.25, -0.2) is 14.4 Å². The van der Waals surface area contributed by atoms with E-state index in [2.05, 4.69) is 5.32 Å². The zero-order valence-electron chi connectivity index (χ0n) is 12.7. The number of rotatable bonds is 7. The fourth-order valence-electron chi connectivity index (χ4n) is 1.57. The van der Waals surface area contributed by atoms with Crippen molar-refractivity contribution in [3.8, 4) is 5.75 Å². The molecule has 0 aliphatic rings. The van der Waals surface area contributed by atoms with Crippen molar-refractivity contribution in [3.05, 3.63) is 35.5 Å². The van der Waals surface area contributed by atoms with Crippen LogP contribution in [0.5, 0.6) is 5.75 Å². The quantitative estimate of drug-likeness (QED) is 0.227. The fourth-order valence-corrected chi connectivity index (χ4v) is 1.57. The Morgan fingerprint density at radius 2 is 1.70 bits per heavy atom. The lowest BCUT2D eigenvalue weighted by molar-refractivity contribution is -0.146. The minimum absolute atomic E-state index is 0.0813. The van der Waals surface area contributed by atoms with Crippen LogP contribution in [0.4, 0.5) is 5.69 Å². The molecule has 8 nitrogen and oxygen atoms in total. The van der Waals surface area contributed by atoms with E-state index >= 15 is 0 Å². The molecule has 1 aromatic carbocycles. The number of hydrogen-bond acceptors (Lipinski definition) is 7. The normalized spacial score (nSPS) is 9.65. The molecular formula is C15H17NO7. The molecule has 0 spiro atoms. The molecule has 23 heavy (non-hydrogen) atoms. The van der Waals surface area contributed by atoms with E-state index in [1.807, 2.05) is 0 Å². The number of esters is 2. The van der Waals surface area contributed by atoms with Gasteiger partial charge in [-0.15, -0.1) is 0 Å². The second-order valence-electron chi connectivity index (χ2n) is 4.18. The molecule has 0 unspecified atom stereocenters. The van der Waals surface area contributed by atoms with Gasteiger partial charge in [0.05, 0.1) is 13.2 Å². The van der Waals surface area contributed by atoms with Crippen molar-refractivity contribution in [2.45, 2.75) is 13.8 Å². The van der Waals surface area contributed by atoms with E-state index in [9.17, 15) is 19.5 Å². The Morgan fingerprint density at radius 1 is 1.13 bits per heavy atom. The lowest BCUT2D eigenvalue weighted by Crippen LogP contribution is -2.19. The number of carbonyl (C=O) groups is 3. The molecule has 0 aromatic heterocycles. The summed E-state index contributed by atoms with van der Waals surface area (Å²) in [5.74, 6) is -3.44. The van der Waals surface area contributed by atoms with Crippen molar-refractivity contribution in [1.82, 2.24) is 0 Å². The highest BCUT2D eigenvalue weighted by Crippen LogP contribution is 2.21. The molecule has 0 amide bonds. The Hall–Kier alpha value is -3.03. The van der Waals surface area contributed by atoms with Crippen molar-refractivity contribution in [1.29, 1.82) is 0 Å². The number of phenols is 1. The average Bonchev–Trinajstić information content (AvgIpc) is 2.49. The van der Waals surface area contributed by atoms with Crippen LogP contribution in [-0.4, -0.2) is 41.3 Å². The third-order valence-electron chi connectivity index (χ3n) is 2.60. The predicted molar refractivity (Wildman–Crippen MR) is 80.0 cm³/mol. The van der Waals surface area contributed by atoms with Crippen LogP contribution in [0.1, 0.15) is 24.2 Å². The monoisotopic (exact) mass is 323 g/mol. The number of anilines is 1. The predicted octanol–water partition coefficient (Wildman–Crippen LogP) is 1.51. The highest BCUT2D eigenvalue weighted by molar-refractivity contribution is 6.14. The van der Waals surface area contributed by atoms with Gasteiger partial charge in [-0.2, -0.15) is 0 Å². The van der Waals surface area contributed by atoms with E-state index in [4.69, 9.17) is 14.6 Å². The van der Waals surface area contributed by atoms with Crippen molar-refractivity contribution in [2.24, 2.45) is 0 Å². The van der Waals surface area contributed by atoms with E-state index in [0.717, 1.165) is 12.3 Å². The van der Waals surface area contributed by atoms with Crippen molar-refractivity contribution in [3.63, 3.8) is 0 Å². The first-order valence-electron chi connectivity index (χ1n) is 6.77. The van der Waals surface area contributed by atoms with Gasteiger partial charge in [0.15, 0.2) is 5.57 Å². The van der Waals surface area contributed by atoms with Gasteiger partial charge in [-0.3, -0.25) is 0 Å². The molecule has 0 bridgehead atoms. The summed E-state index contributed by atoms with van der Waals surface area (Å²) >= 11 is 0. The minimum atomic E-state index is -1.31.